The summed E-state index contributed by atoms with van der Waals surface area (Å²) in [5.74, 6) is -1.56. The Morgan fingerprint density at radius 1 is 1.26 bits per heavy atom. The van der Waals surface area contributed by atoms with Crippen LogP contribution in [0.5, 0.6) is 5.75 Å². The lowest BCUT2D eigenvalue weighted by molar-refractivity contribution is -0.135. The number of likely N-dealkylation sites (N-methyl/N-ethyl adjacent to an activating group) is 1. The summed E-state index contributed by atoms with van der Waals surface area (Å²) < 4.78 is 19.1. The van der Waals surface area contributed by atoms with Crippen molar-refractivity contribution in [2.75, 3.05) is 26.0 Å². The number of hydrogen-bond donors (Lipinski definition) is 1. The molecular weight excluding hydrogens is 347 g/mol. The topological polar surface area (TPSA) is 58.6 Å². The summed E-state index contributed by atoms with van der Waals surface area (Å²) in [4.78, 5) is 27.2. The predicted molar refractivity (Wildman–Crippen MR) is 101 cm³/mol. The number of rotatable bonds is 4. The van der Waals surface area contributed by atoms with Crippen LogP contribution in [0.2, 0.25) is 0 Å². The number of methoxy groups -OCH3 is 1. The van der Waals surface area contributed by atoms with Gasteiger partial charge < -0.3 is 15.0 Å². The van der Waals surface area contributed by atoms with Gasteiger partial charge in [-0.2, -0.15) is 0 Å². The third kappa shape index (κ3) is 3.65. The lowest BCUT2D eigenvalue weighted by Crippen LogP contribution is -2.33. The van der Waals surface area contributed by atoms with Crippen molar-refractivity contribution in [3.8, 4) is 5.75 Å². The van der Waals surface area contributed by atoms with Gasteiger partial charge in [-0.15, -0.1) is 0 Å². The van der Waals surface area contributed by atoms with Gasteiger partial charge in [0, 0.05) is 30.8 Å². The second-order valence-corrected chi connectivity index (χ2v) is 6.99. The van der Waals surface area contributed by atoms with Gasteiger partial charge in [-0.1, -0.05) is 12.1 Å². The summed E-state index contributed by atoms with van der Waals surface area (Å²) in [7, 11) is 3.27. The van der Waals surface area contributed by atoms with Crippen molar-refractivity contribution < 1.29 is 18.7 Å². The highest BCUT2D eigenvalue weighted by Crippen LogP contribution is 2.36. The van der Waals surface area contributed by atoms with Crippen molar-refractivity contribution in [3.63, 3.8) is 0 Å². The van der Waals surface area contributed by atoms with Crippen molar-refractivity contribution in [1.82, 2.24) is 4.90 Å². The van der Waals surface area contributed by atoms with Crippen molar-refractivity contribution in [3.05, 3.63) is 58.9 Å². The highest BCUT2D eigenvalue weighted by molar-refractivity contribution is 6.08. The number of carbonyl (C=O) groups excluding carboxylic acids is 2. The molecule has 2 aromatic carbocycles. The Kier molecular flexibility index (Phi) is 5.17. The Bertz CT molecular complexity index is 897. The minimum Gasteiger partial charge on any atom is -0.497 e. The van der Waals surface area contributed by atoms with Gasteiger partial charge in [-0.3, -0.25) is 9.59 Å². The van der Waals surface area contributed by atoms with Gasteiger partial charge in [-0.25, -0.2) is 4.39 Å². The fourth-order valence-electron chi connectivity index (χ4n) is 3.55. The average molecular weight is 370 g/mol. The van der Waals surface area contributed by atoms with Crippen LogP contribution >= 0.6 is 0 Å². The minimum atomic E-state index is -0.871. The predicted octanol–water partition coefficient (Wildman–Crippen LogP) is 3.26. The number of aryl methyl sites for hydroxylation is 1. The smallest absolute Gasteiger partial charge is 0.237 e. The summed E-state index contributed by atoms with van der Waals surface area (Å²) in [5, 5.41) is 2.73. The van der Waals surface area contributed by atoms with Crippen LogP contribution in [0.15, 0.2) is 36.4 Å². The maximum Gasteiger partial charge on any atom is 0.237 e. The van der Waals surface area contributed by atoms with Crippen LogP contribution in [0.4, 0.5) is 10.1 Å². The third-order valence-corrected chi connectivity index (χ3v) is 5.06. The normalized spacial score (nSPS) is 19.3. The van der Waals surface area contributed by atoms with Crippen LogP contribution in [0.25, 0.3) is 0 Å². The second-order valence-electron chi connectivity index (χ2n) is 6.99. The summed E-state index contributed by atoms with van der Waals surface area (Å²) in [6, 6.07) is 10.2. The van der Waals surface area contributed by atoms with E-state index in [0.29, 0.717) is 23.5 Å². The molecule has 5 nitrogen and oxygen atoms in total. The molecule has 1 fully saturated rings. The maximum absolute atomic E-state index is 13.8. The average Bonchev–Trinajstić information content (AvgIpc) is 2.93. The van der Waals surface area contributed by atoms with Crippen molar-refractivity contribution in [1.29, 1.82) is 0 Å². The fraction of sp³-hybridized carbons (Fsp3) is 0.333. The molecule has 2 amide bonds. The van der Waals surface area contributed by atoms with Crippen molar-refractivity contribution in [2.24, 2.45) is 5.92 Å². The van der Waals surface area contributed by atoms with Crippen LogP contribution in [0.3, 0.4) is 0 Å². The number of hydrogen-bond acceptors (Lipinski definition) is 3. The zero-order chi connectivity index (χ0) is 19.7. The van der Waals surface area contributed by atoms with Crippen molar-refractivity contribution >= 4 is 17.5 Å². The molecular formula is C21H23FN2O3. The van der Waals surface area contributed by atoms with E-state index in [9.17, 15) is 14.0 Å². The van der Waals surface area contributed by atoms with Gasteiger partial charge in [0.2, 0.25) is 11.8 Å². The van der Waals surface area contributed by atoms with E-state index >= 15 is 0 Å². The van der Waals surface area contributed by atoms with Crippen LogP contribution in [0.1, 0.15) is 22.6 Å². The third-order valence-electron chi connectivity index (χ3n) is 5.06. The van der Waals surface area contributed by atoms with Gasteiger partial charge in [0.15, 0.2) is 0 Å². The van der Waals surface area contributed by atoms with E-state index in [1.165, 1.54) is 12.1 Å². The Hall–Kier alpha value is -2.89. The van der Waals surface area contributed by atoms with E-state index in [1.807, 2.05) is 25.1 Å². The Balaban J connectivity index is 1.93. The molecule has 27 heavy (non-hydrogen) atoms. The van der Waals surface area contributed by atoms with Crippen LogP contribution in [-0.4, -0.2) is 37.4 Å². The largest absolute Gasteiger partial charge is 0.497 e. The molecule has 0 saturated carbocycles. The van der Waals surface area contributed by atoms with Gasteiger partial charge in [0.25, 0.3) is 0 Å². The first-order valence-corrected chi connectivity index (χ1v) is 8.78. The standard InChI is InChI=1S/C21H23FN2O3/c1-12-8-14(10-15(9-12)27-4)16-11-24(3)21(26)19(16)20(25)23-18-7-5-6-17(22)13(18)2/h5-10,16,19H,11H2,1-4H3,(H,23,25)/t16-,19+/m0/s1. The number of anilines is 1. The van der Waals surface area contributed by atoms with Crippen molar-refractivity contribution in [2.45, 2.75) is 19.8 Å². The zero-order valence-electron chi connectivity index (χ0n) is 15.9. The van der Waals surface area contributed by atoms with Gasteiger partial charge in [0.1, 0.15) is 17.5 Å². The molecule has 3 rings (SSSR count). The number of likely N-dealkylation sites (tertiary alicyclic amines) is 1. The number of carbonyl (C=O) groups is 2. The lowest BCUT2D eigenvalue weighted by atomic mass is 9.87. The quantitative estimate of drug-likeness (QED) is 0.841. The number of nitrogens with one attached hydrogen (secondary N) is 1. The Labute approximate surface area is 158 Å². The number of halogens is 1. The second kappa shape index (κ2) is 7.39. The highest BCUT2D eigenvalue weighted by atomic mass is 19.1. The van der Waals surface area contributed by atoms with Crippen LogP contribution in [0, 0.1) is 25.6 Å². The highest BCUT2D eigenvalue weighted by Gasteiger charge is 2.44. The molecule has 6 heteroatoms. The van der Waals surface area contributed by atoms with E-state index in [1.54, 1.807) is 32.0 Å². The monoisotopic (exact) mass is 370 g/mol. The zero-order valence-corrected chi connectivity index (χ0v) is 15.9. The molecule has 0 unspecified atom stereocenters. The first kappa shape index (κ1) is 18.9. The molecule has 0 aliphatic carbocycles. The number of nitrogens with zero attached hydrogens (tertiary/aromatic N) is 1. The SMILES string of the molecule is COc1cc(C)cc([C@@H]2CN(C)C(=O)[C@H]2C(=O)Nc2cccc(F)c2C)c1. The summed E-state index contributed by atoms with van der Waals surface area (Å²) in [6.45, 7) is 3.97. The minimum absolute atomic E-state index is 0.243. The molecule has 2 atom stereocenters. The molecule has 1 aliphatic heterocycles. The number of ether oxygens (including phenoxy) is 1. The van der Waals surface area contributed by atoms with E-state index in [-0.39, 0.29) is 11.8 Å². The number of benzene rings is 2. The maximum atomic E-state index is 13.8. The summed E-state index contributed by atoms with van der Waals surface area (Å²) in [6.07, 6.45) is 0. The molecule has 1 N–H and O–H groups in total. The fourth-order valence-corrected chi connectivity index (χ4v) is 3.55. The van der Waals surface area contributed by atoms with Gasteiger partial charge in [0.05, 0.1) is 7.11 Å². The molecule has 2 aromatic rings. The Morgan fingerprint density at radius 3 is 2.70 bits per heavy atom. The molecule has 1 aliphatic rings. The lowest BCUT2D eigenvalue weighted by Gasteiger charge is -2.19. The van der Waals surface area contributed by atoms with E-state index in [4.69, 9.17) is 4.74 Å². The first-order chi connectivity index (χ1) is 12.8. The summed E-state index contributed by atoms with van der Waals surface area (Å²) >= 11 is 0. The van der Waals surface area contributed by atoms with Gasteiger partial charge >= 0.3 is 0 Å². The molecule has 142 valence electrons. The number of amides is 2. The van der Waals surface area contributed by atoms with E-state index in [0.717, 1.165) is 11.1 Å². The van der Waals surface area contributed by atoms with E-state index in [2.05, 4.69) is 5.32 Å². The summed E-state index contributed by atoms with van der Waals surface area (Å²) in [5.41, 5.74) is 2.59. The van der Waals surface area contributed by atoms with E-state index < -0.39 is 17.6 Å². The van der Waals surface area contributed by atoms with Crippen LogP contribution in [-0.2, 0) is 9.59 Å². The molecule has 0 radical (unpaired) electrons. The molecule has 0 spiro atoms. The first-order valence-electron chi connectivity index (χ1n) is 8.78. The van der Waals surface area contributed by atoms with Gasteiger partial charge in [-0.05, 0) is 49.2 Å². The molecule has 1 heterocycles. The van der Waals surface area contributed by atoms with Crippen LogP contribution < -0.4 is 10.1 Å². The molecule has 0 bridgehead atoms. The molecule has 1 saturated heterocycles. The Morgan fingerprint density at radius 2 is 2.00 bits per heavy atom. The molecule has 0 aromatic heterocycles.